The Morgan fingerprint density at radius 1 is 1.38 bits per heavy atom. The van der Waals surface area contributed by atoms with Crippen LogP contribution in [0, 0.1) is 10.1 Å². The summed E-state index contributed by atoms with van der Waals surface area (Å²) in [5.74, 6) is 0. The first-order chi connectivity index (χ1) is 9.53. The monoisotopic (exact) mass is 327 g/mol. The molecular weight excluding hydrogens is 315 g/mol. The maximum atomic E-state index is 12.8. The van der Waals surface area contributed by atoms with E-state index in [0.29, 0.717) is 7.05 Å². The average Bonchev–Trinajstić information content (AvgIpc) is 2.37. The molecule has 0 fully saturated rings. The van der Waals surface area contributed by atoms with E-state index in [1.54, 1.807) is 0 Å². The van der Waals surface area contributed by atoms with Gasteiger partial charge >= 0.3 is 6.18 Å². The molecule has 1 atom stereocenters. The number of nitro groups is 1. The van der Waals surface area contributed by atoms with Crippen LogP contribution in [0.5, 0.6) is 0 Å². The maximum absolute atomic E-state index is 12.8. The second-order valence-corrected chi connectivity index (χ2v) is 6.01. The van der Waals surface area contributed by atoms with Crippen LogP contribution in [-0.4, -0.2) is 43.5 Å². The van der Waals surface area contributed by atoms with E-state index in [0.717, 1.165) is 12.1 Å². The molecule has 11 heteroatoms. The molecule has 2 N–H and O–H groups in total. The van der Waals surface area contributed by atoms with E-state index in [1.165, 1.54) is 12.1 Å². The quantitative estimate of drug-likeness (QED) is 0.644. The molecule has 7 nitrogen and oxygen atoms in total. The third-order valence-corrected chi connectivity index (χ3v) is 4.67. The van der Waals surface area contributed by atoms with Crippen molar-refractivity contribution in [1.82, 2.24) is 4.31 Å². The number of likely N-dealkylation sites (N-methyl/N-ethyl adjacent to an activating group) is 1. The Morgan fingerprint density at radius 2 is 1.90 bits per heavy atom. The molecule has 1 aromatic rings. The van der Waals surface area contributed by atoms with Crippen LogP contribution < -0.4 is 5.73 Å². The fraction of sp³-hybridized carbons (Fsp3) is 0.400. The van der Waals surface area contributed by atoms with Crippen molar-refractivity contribution >= 4 is 15.7 Å². The predicted molar refractivity (Wildman–Crippen MR) is 66.9 cm³/mol. The molecule has 0 bridgehead atoms. The highest BCUT2D eigenvalue weighted by Gasteiger charge is 2.46. The zero-order chi connectivity index (χ0) is 16.4. The topological polar surface area (TPSA) is 107 Å². The van der Waals surface area contributed by atoms with Gasteiger partial charge in [-0.2, -0.15) is 17.5 Å². The molecule has 0 aliphatic rings. The van der Waals surface area contributed by atoms with Crippen molar-refractivity contribution in [2.45, 2.75) is 17.1 Å². The summed E-state index contributed by atoms with van der Waals surface area (Å²) in [5.41, 5.74) is 4.17. The summed E-state index contributed by atoms with van der Waals surface area (Å²) >= 11 is 0. The van der Waals surface area contributed by atoms with Gasteiger partial charge in [0.25, 0.3) is 5.69 Å². The standard InChI is InChI=1S/C10H12F3N3O4S/c1-15(9(6-14)10(11,12)13)21(19,20)8-5-3-2-4-7(8)16(17)18/h2-5,9H,6,14H2,1H3. The number of benzene rings is 1. The van der Waals surface area contributed by atoms with Crippen molar-refractivity contribution in [2.24, 2.45) is 5.73 Å². The van der Waals surface area contributed by atoms with Crippen molar-refractivity contribution < 1.29 is 26.5 Å². The van der Waals surface area contributed by atoms with E-state index in [2.05, 4.69) is 0 Å². The highest BCUT2D eigenvalue weighted by Crippen LogP contribution is 2.31. The molecular formula is C10H12F3N3O4S. The number of hydrogen-bond donors (Lipinski definition) is 1. The highest BCUT2D eigenvalue weighted by molar-refractivity contribution is 7.89. The van der Waals surface area contributed by atoms with E-state index in [-0.39, 0.29) is 4.31 Å². The third kappa shape index (κ3) is 3.49. The number of nitro benzene ring substituents is 1. The average molecular weight is 327 g/mol. The Balaban J connectivity index is 3.38. The van der Waals surface area contributed by atoms with Gasteiger partial charge in [0.1, 0.15) is 6.04 Å². The van der Waals surface area contributed by atoms with E-state index in [1.807, 2.05) is 0 Å². The number of hydrogen-bond acceptors (Lipinski definition) is 5. The molecule has 0 aromatic heterocycles. The second kappa shape index (κ2) is 5.95. The maximum Gasteiger partial charge on any atom is 0.406 e. The van der Waals surface area contributed by atoms with Crippen molar-refractivity contribution in [2.75, 3.05) is 13.6 Å². The molecule has 1 rings (SSSR count). The van der Waals surface area contributed by atoms with E-state index in [4.69, 9.17) is 5.73 Å². The summed E-state index contributed by atoms with van der Waals surface area (Å²) < 4.78 is 62.6. The van der Waals surface area contributed by atoms with Crippen LogP contribution in [0.25, 0.3) is 0 Å². The molecule has 1 unspecified atom stereocenters. The zero-order valence-electron chi connectivity index (χ0n) is 10.7. The lowest BCUT2D eigenvalue weighted by Gasteiger charge is -2.27. The predicted octanol–water partition coefficient (Wildman–Crippen LogP) is 1.10. The van der Waals surface area contributed by atoms with Gasteiger partial charge in [-0.15, -0.1) is 0 Å². The fourth-order valence-electron chi connectivity index (χ4n) is 1.64. The summed E-state index contributed by atoms with van der Waals surface area (Å²) in [5, 5.41) is 10.8. The van der Waals surface area contributed by atoms with Crippen LogP contribution in [0.15, 0.2) is 29.2 Å². The minimum Gasteiger partial charge on any atom is -0.329 e. The van der Waals surface area contributed by atoms with Gasteiger partial charge in [0, 0.05) is 19.7 Å². The van der Waals surface area contributed by atoms with Crippen LogP contribution >= 0.6 is 0 Å². The van der Waals surface area contributed by atoms with Crippen LogP contribution in [0.2, 0.25) is 0 Å². The van der Waals surface area contributed by atoms with Crippen LogP contribution in [-0.2, 0) is 10.0 Å². The van der Waals surface area contributed by atoms with Gasteiger partial charge in [0.15, 0.2) is 4.90 Å². The van der Waals surface area contributed by atoms with Crippen LogP contribution in [0.4, 0.5) is 18.9 Å². The molecule has 118 valence electrons. The summed E-state index contributed by atoms with van der Waals surface area (Å²) in [4.78, 5) is 9.00. The number of nitrogens with zero attached hydrogens (tertiary/aromatic N) is 2. The van der Waals surface area contributed by atoms with Gasteiger partial charge in [-0.05, 0) is 6.07 Å². The Hall–Kier alpha value is -1.72. The SMILES string of the molecule is CN(C(CN)C(F)(F)F)S(=O)(=O)c1ccccc1[N+](=O)[O-]. The lowest BCUT2D eigenvalue weighted by Crippen LogP contribution is -2.50. The Bertz CT molecular complexity index is 633. The van der Waals surface area contributed by atoms with E-state index in [9.17, 15) is 31.7 Å². The normalized spacial score (nSPS) is 14.2. The Kier molecular flexibility index (Phi) is 4.91. The molecule has 0 aliphatic carbocycles. The molecule has 0 amide bonds. The van der Waals surface area contributed by atoms with Crippen molar-refractivity contribution in [3.63, 3.8) is 0 Å². The lowest BCUT2D eigenvalue weighted by molar-refractivity contribution is -0.387. The van der Waals surface area contributed by atoms with Crippen molar-refractivity contribution in [3.8, 4) is 0 Å². The molecule has 0 spiro atoms. The smallest absolute Gasteiger partial charge is 0.329 e. The van der Waals surface area contributed by atoms with Gasteiger partial charge in [-0.1, -0.05) is 12.1 Å². The van der Waals surface area contributed by atoms with Gasteiger partial charge < -0.3 is 5.73 Å². The first kappa shape index (κ1) is 17.3. The van der Waals surface area contributed by atoms with Crippen LogP contribution in [0.3, 0.4) is 0 Å². The number of halogens is 3. The lowest BCUT2D eigenvalue weighted by atomic mass is 10.3. The summed E-state index contributed by atoms with van der Waals surface area (Å²) in [6.07, 6.45) is -4.89. The molecule has 0 radical (unpaired) electrons. The van der Waals surface area contributed by atoms with E-state index < -0.39 is 44.3 Å². The van der Waals surface area contributed by atoms with Gasteiger partial charge in [-0.25, -0.2) is 8.42 Å². The fourth-order valence-corrected chi connectivity index (χ4v) is 3.15. The number of sulfonamides is 1. The summed E-state index contributed by atoms with van der Waals surface area (Å²) in [6.45, 7) is -1.00. The minimum absolute atomic E-state index is 0.00463. The number of rotatable bonds is 5. The van der Waals surface area contributed by atoms with Crippen molar-refractivity contribution in [3.05, 3.63) is 34.4 Å². The van der Waals surface area contributed by atoms with Gasteiger partial charge in [0.2, 0.25) is 10.0 Å². The number of nitrogens with two attached hydrogens (primary N) is 1. The first-order valence-corrected chi connectivity index (χ1v) is 6.95. The van der Waals surface area contributed by atoms with Gasteiger partial charge in [-0.3, -0.25) is 10.1 Å². The first-order valence-electron chi connectivity index (χ1n) is 5.51. The summed E-state index contributed by atoms with van der Waals surface area (Å²) in [7, 11) is -4.04. The van der Waals surface area contributed by atoms with Crippen LogP contribution in [0.1, 0.15) is 0 Å². The van der Waals surface area contributed by atoms with Crippen molar-refractivity contribution in [1.29, 1.82) is 0 Å². The largest absolute Gasteiger partial charge is 0.406 e. The highest BCUT2D eigenvalue weighted by atomic mass is 32.2. The zero-order valence-corrected chi connectivity index (χ0v) is 11.6. The minimum atomic E-state index is -4.89. The molecule has 1 aromatic carbocycles. The third-order valence-electron chi connectivity index (χ3n) is 2.76. The molecule has 0 saturated heterocycles. The molecule has 21 heavy (non-hydrogen) atoms. The second-order valence-electron chi connectivity index (χ2n) is 4.04. The Morgan fingerprint density at radius 3 is 2.33 bits per heavy atom. The number of alkyl halides is 3. The summed E-state index contributed by atoms with van der Waals surface area (Å²) in [6, 6.07) is 1.68. The molecule has 0 heterocycles. The molecule has 0 saturated carbocycles. The van der Waals surface area contributed by atoms with Gasteiger partial charge in [0.05, 0.1) is 4.92 Å². The van der Waals surface area contributed by atoms with E-state index >= 15 is 0 Å². The molecule has 0 aliphatic heterocycles. The Labute approximate surface area is 118 Å². The number of para-hydroxylation sites is 1.